The molecular formula is C14H17Br2Cl. The van der Waals surface area contributed by atoms with E-state index in [1.807, 2.05) is 6.07 Å². The fourth-order valence-electron chi connectivity index (χ4n) is 2.57. The van der Waals surface area contributed by atoms with Crippen molar-refractivity contribution in [2.45, 2.75) is 43.4 Å². The van der Waals surface area contributed by atoms with Crippen LogP contribution in [0, 0.1) is 5.92 Å². The maximum atomic E-state index is 6.23. The predicted molar refractivity (Wildman–Crippen MR) is 82.1 cm³/mol. The molecule has 0 bridgehead atoms. The Morgan fingerprint density at radius 2 is 2.00 bits per heavy atom. The van der Waals surface area contributed by atoms with Crippen LogP contribution < -0.4 is 0 Å². The van der Waals surface area contributed by atoms with Crippen molar-refractivity contribution >= 4 is 43.5 Å². The summed E-state index contributed by atoms with van der Waals surface area (Å²) < 4.78 is 1.05. The summed E-state index contributed by atoms with van der Waals surface area (Å²) in [4.78, 5) is 0.657. The summed E-state index contributed by atoms with van der Waals surface area (Å²) in [5.41, 5.74) is 1.26. The van der Waals surface area contributed by atoms with Gasteiger partial charge in [-0.1, -0.05) is 62.4 Å². The summed E-state index contributed by atoms with van der Waals surface area (Å²) in [6, 6.07) is 6.18. The highest BCUT2D eigenvalue weighted by molar-refractivity contribution is 9.10. The summed E-state index contributed by atoms with van der Waals surface area (Å²) in [5.74, 6) is 0.879. The minimum absolute atomic E-state index is 0.657. The van der Waals surface area contributed by atoms with Gasteiger partial charge >= 0.3 is 0 Å². The van der Waals surface area contributed by atoms with Crippen molar-refractivity contribution in [2.24, 2.45) is 5.92 Å². The average Bonchev–Trinajstić information content (AvgIpc) is 2.81. The molecule has 0 amide bonds. The van der Waals surface area contributed by atoms with Gasteiger partial charge in [-0.05, 0) is 49.3 Å². The first-order valence-electron chi connectivity index (χ1n) is 6.25. The monoisotopic (exact) mass is 378 g/mol. The molecule has 1 aromatic carbocycles. The second-order valence-electron chi connectivity index (χ2n) is 4.83. The van der Waals surface area contributed by atoms with Crippen LogP contribution in [0.4, 0.5) is 0 Å². The largest absolute Gasteiger partial charge is 0.0888 e. The molecule has 3 heteroatoms. The molecule has 0 nitrogen and oxygen atoms in total. The van der Waals surface area contributed by atoms with E-state index in [9.17, 15) is 0 Å². The molecule has 0 aromatic heterocycles. The molecule has 1 saturated carbocycles. The van der Waals surface area contributed by atoms with Gasteiger partial charge in [-0.25, -0.2) is 0 Å². The van der Waals surface area contributed by atoms with Crippen molar-refractivity contribution in [3.8, 4) is 0 Å². The van der Waals surface area contributed by atoms with Crippen molar-refractivity contribution in [3.05, 3.63) is 33.3 Å². The molecule has 1 unspecified atom stereocenters. The Morgan fingerprint density at radius 1 is 1.29 bits per heavy atom. The number of hydrogen-bond acceptors (Lipinski definition) is 0. The Bertz CT molecular complexity index is 372. The molecule has 1 aliphatic rings. The molecule has 1 aromatic rings. The third-order valence-corrected chi connectivity index (χ3v) is 5.67. The van der Waals surface area contributed by atoms with Crippen molar-refractivity contribution in [1.29, 1.82) is 0 Å². The molecule has 1 fully saturated rings. The lowest BCUT2D eigenvalue weighted by atomic mass is 9.98. The van der Waals surface area contributed by atoms with E-state index in [0.717, 1.165) is 21.8 Å². The number of rotatable bonds is 4. The second kappa shape index (κ2) is 6.58. The molecule has 0 heterocycles. The Morgan fingerprint density at radius 3 is 2.65 bits per heavy atom. The van der Waals surface area contributed by atoms with Gasteiger partial charge in [-0.3, -0.25) is 0 Å². The zero-order valence-electron chi connectivity index (χ0n) is 9.76. The Hall–Kier alpha value is 0.470. The van der Waals surface area contributed by atoms with Crippen LogP contribution in [0.1, 0.15) is 37.7 Å². The molecule has 0 N–H and O–H groups in total. The minimum atomic E-state index is 0.657. The van der Waals surface area contributed by atoms with Gasteiger partial charge in [0.05, 0.1) is 0 Å². The summed E-state index contributed by atoms with van der Waals surface area (Å²) in [7, 11) is 0. The lowest BCUT2D eigenvalue weighted by Crippen LogP contribution is -2.11. The Kier molecular flexibility index (Phi) is 5.38. The molecule has 1 aliphatic carbocycles. The van der Waals surface area contributed by atoms with E-state index in [-0.39, 0.29) is 0 Å². The Balaban J connectivity index is 1.88. The van der Waals surface area contributed by atoms with E-state index < -0.39 is 0 Å². The highest BCUT2D eigenvalue weighted by Crippen LogP contribution is 2.34. The maximum Gasteiger partial charge on any atom is 0.0449 e. The van der Waals surface area contributed by atoms with Crippen LogP contribution in [0.5, 0.6) is 0 Å². The molecule has 2 rings (SSSR count). The fourth-order valence-corrected chi connectivity index (χ4v) is 4.10. The third-order valence-electron chi connectivity index (χ3n) is 3.62. The number of halogens is 3. The van der Waals surface area contributed by atoms with Gasteiger partial charge in [0.1, 0.15) is 0 Å². The average molecular weight is 381 g/mol. The summed E-state index contributed by atoms with van der Waals surface area (Å²) in [5, 5.41) is 0.880. The van der Waals surface area contributed by atoms with Crippen LogP contribution in [0.25, 0.3) is 0 Å². The minimum Gasteiger partial charge on any atom is -0.0888 e. The highest BCUT2D eigenvalue weighted by Gasteiger charge is 2.22. The third kappa shape index (κ3) is 3.97. The van der Waals surface area contributed by atoms with Gasteiger partial charge < -0.3 is 0 Å². The van der Waals surface area contributed by atoms with Gasteiger partial charge in [0.2, 0.25) is 0 Å². The van der Waals surface area contributed by atoms with Gasteiger partial charge in [0.25, 0.3) is 0 Å². The van der Waals surface area contributed by atoms with Crippen molar-refractivity contribution < 1.29 is 0 Å². The first-order chi connectivity index (χ1) is 8.16. The van der Waals surface area contributed by atoms with Gasteiger partial charge in [0, 0.05) is 14.3 Å². The van der Waals surface area contributed by atoms with Crippen molar-refractivity contribution in [1.82, 2.24) is 0 Å². The van der Waals surface area contributed by atoms with E-state index >= 15 is 0 Å². The van der Waals surface area contributed by atoms with Crippen molar-refractivity contribution in [3.63, 3.8) is 0 Å². The first-order valence-corrected chi connectivity index (χ1v) is 8.33. The molecule has 0 radical (unpaired) electrons. The van der Waals surface area contributed by atoms with E-state index in [1.165, 1.54) is 37.7 Å². The molecule has 0 spiro atoms. The topological polar surface area (TPSA) is 0 Å². The summed E-state index contributed by atoms with van der Waals surface area (Å²) >= 11 is 13.5. The normalized spacial score (nSPS) is 18.5. The van der Waals surface area contributed by atoms with Crippen LogP contribution in [0.15, 0.2) is 22.7 Å². The number of alkyl halides is 1. The van der Waals surface area contributed by atoms with Gasteiger partial charge in [-0.2, -0.15) is 0 Å². The van der Waals surface area contributed by atoms with Crippen LogP contribution in [-0.4, -0.2) is 4.83 Å². The van der Waals surface area contributed by atoms with E-state index in [2.05, 4.69) is 44.0 Å². The molecule has 1 atom stereocenters. The van der Waals surface area contributed by atoms with Crippen molar-refractivity contribution in [2.75, 3.05) is 0 Å². The smallest absolute Gasteiger partial charge is 0.0449 e. The molecule has 17 heavy (non-hydrogen) atoms. The van der Waals surface area contributed by atoms with Crippen LogP contribution in [0.2, 0.25) is 5.02 Å². The maximum absolute atomic E-state index is 6.23. The SMILES string of the molecule is Clc1cc(Br)ccc1CCC(Br)C1CCCC1. The molecular weight excluding hydrogens is 363 g/mol. The van der Waals surface area contributed by atoms with Gasteiger partial charge in [-0.15, -0.1) is 0 Å². The zero-order valence-corrected chi connectivity index (χ0v) is 13.7. The highest BCUT2D eigenvalue weighted by atomic mass is 79.9. The van der Waals surface area contributed by atoms with Crippen LogP contribution in [0.3, 0.4) is 0 Å². The first kappa shape index (κ1) is 13.9. The molecule has 0 saturated heterocycles. The van der Waals surface area contributed by atoms with Crippen LogP contribution >= 0.6 is 43.5 Å². The summed E-state index contributed by atoms with van der Waals surface area (Å²) in [6.07, 6.45) is 7.86. The van der Waals surface area contributed by atoms with Gasteiger partial charge in [0.15, 0.2) is 0 Å². The Labute approximate surface area is 125 Å². The van der Waals surface area contributed by atoms with E-state index in [4.69, 9.17) is 11.6 Å². The number of benzene rings is 1. The number of aryl methyl sites for hydroxylation is 1. The quantitative estimate of drug-likeness (QED) is 0.563. The van der Waals surface area contributed by atoms with E-state index in [1.54, 1.807) is 0 Å². The molecule has 0 aliphatic heterocycles. The lowest BCUT2D eigenvalue weighted by molar-refractivity contribution is 0.506. The predicted octanol–water partition coefficient (Wildman–Crippen LogP) is 5.99. The fraction of sp³-hybridized carbons (Fsp3) is 0.571. The lowest BCUT2D eigenvalue weighted by Gasteiger charge is -2.17. The summed E-state index contributed by atoms with van der Waals surface area (Å²) in [6.45, 7) is 0. The standard InChI is InChI=1S/C14H17Br2Cl/c15-12-7-5-11(14(17)9-12)6-8-13(16)10-3-1-2-4-10/h5,7,9-10,13H,1-4,6,8H2. The molecule has 94 valence electrons. The second-order valence-corrected chi connectivity index (χ2v) is 7.33. The zero-order chi connectivity index (χ0) is 12.3. The van der Waals surface area contributed by atoms with E-state index in [0.29, 0.717) is 4.83 Å². The number of hydrogen-bond donors (Lipinski definition) is 0. The van der Waals surface area contributed by atoms with Crippen LogP contribution in [-0.2, 0) is 6.42 Å².